The van der Waals surface area contributed by atoms with E-state index < -0.39 is 29.6 Å². The van der Waals surface area contributed by atoms with Crippen LogP contribution in [0.4, 0.5) is 4.79 Å². The van der Waals surface area contributed by atoms with E-state index in [2.05, 4.69) is 5.32 Å². The molecule has 2 rings (SSSR count). The van der Waals surface area contributed by atoms with Gasteiger partial charge in [0.2, 0.25) is 0 Å². The number of carbonyl (C=O) groups is 4. The number of amides is 3. The monoisotopic (exact) mass is 469 g/mol. The second-order valence-electron chi connectivity index (χ2n) is 9.27. The van der Waals surface area contributed by atoms with Crippen LogP contribution in [0.15, 0.2) is 42.5 Å². The molecule has 0 bridgehead atoms. The first-order chi connectivity index (χ1) is 16.0. The number of alkyl carbamates (subject to hydrolysis) is 1. The quantitative estimate of drug-likeness (QED) is 0.229. The first-order valence-electron chi connectivity index (χ1n) is 11.6. The van der Waals surface area contributed by atoms with Crippen LogP contribution in [-0.4, -0.2) is 40.3 Å². The molecule has 0 aliphatic heterocycles. The Morgan fingerprint density at radius 2 is 1.68 bits per heavy atom. The van der Waals surface area contributed by atoms with Crippen molar-refractivity contribution in [1.29, 1.82) is 0 Å². The van der Waals surface area contributed by atoms with Crippen molar-refractivity contribution >= 4 is 34.5 Å². The van der Waals surface area contributed by atoms with E-state index in [4.69, 9.17) is 10.6 Å². The summed E-state index contributed by atoms with van der Waals surface area (Å²) in [6.07, 6.45) is 2.45. The summed E-state index contributed by atoms with van der Waals surface area (Å²) in [5, 5.41) is 4.90. The molecule has 0 radical (unpaired) electrons. The predicted molar refractivity (Wildman–Crippen MR) is 131 cm³/mol. The van der Waals surface area contributed by atoms with Crippen LogP contribution in [0, 0.1) is 0 Å². The average molecular weight is 470 g/mol. The Bertz CT molecular complexity index is 1030. The summed E-state index contributed by atoms with van der Waals surface area (Å²) in [5.74, 6) is 4.72. The van der Waals surface area contributed by atoms with Gasteiger partial charge in [-0.15, -0.1) is 0 Å². The number of hydrogen-bond acceptors (Lipinski definition) is 6. The van der Waals surface area contributed by atoms with Crippen LogP contribution in [0.3, 0.4) is 0 Å². The molecule has 2 aromatic rings. The Kier molecular flexibility index (Phi) is 9.74. The van der Waals surface area contributed by atoms with Crippen LogP contribution in [0.1, 0.15) is 76.6 Å². The molecule has 8 heteroatoms. The van der Waals surface area contributed by atoms with E-state index >= 15 is 0 Å². The van der Waals surface area contributed by atoms with Gasteiger partial charge in [0.1, 0.15) is 17.4 Å². The van der Waals surface area contributed by atoms with Gasteiger partial charge in [0.15, 0.2) is 0 Å². The van der Waals surface area contributed by atoms with Gasteiger partial charge in [-0.05, 0) is 56.5 Å². The minimum absolute atomic E-state index is 0.189. The molecule has 0 saturated carbocycles. The molecule has 2 aromatic carbocycles. The number of benzene rings is 2. The van der Waals surface area contributed by atoms with Crippen molar-refractivity contribution in [3.8, 4) is 0 Å². The lowest BCUT2D eigenvalue weighted by Crippen LogP contribution is -2.54. The number of imide groups is 1. The van der Waals surface area contributed by atoms with Crippen molar-refractivity contribution in [2.24, 2.45) is 5.84 Å². The van der Waals surface area contributed by atoms with Gasteiger partial charge in [-0.2, -0.15) is 0 Å². The molecule has 0 aliphatic carbocycles. The van der Waals surface area contributed by atoms with Gasteiger partial charge < -0.3 is 10.1 Å². The van der Waals surface area contributed by atoms with E-state index in [0.29, 0.717) is 37.1 Å². The summed E-state index contributed by atoms with van der Waals surface area (Å²) in [7, 11) is 0. The maximum Gasteiger partial charge on any atom is 0.408 e. The van der Waals surface area contributed by atoms with Crippen molar-refractivity contribution < 1.29 is 23.9 Å². The second kappa shape index (κ2) is 12.3. The summed E-state index contributed by atoms with van der Waals surface area (Å²) < 4.78 is 5.27. The van der Waals surface area contributed by atoms with Gasteiger partial charge in [0.05, 0.1) is 0 Å². The number of ether oxygens (including phenoxy) is 1. The largest absolute Gasteiger partial charge is 0.444 e. The highest BCUT2D eigenvalue weighted by Crippen LogP contribution is 2.17. The van der Waals surface area contributed by atoms with E-state index in [1.165, 1.54) is 0 Å². The van der Waals surface area contributed by atoms with E-state index in [9.17, 15) is 19.2 Å². The van der Waals surface area contributed by atoms with Crippen molar-refractivity contribution in [1.82, 2.24) is 10.3 Å². The Hall–Kier alpha value is -3.26. The number of carbonyl (C=O) groups excluding carboxylic acids is 4. The van der Waals surface area contributed by atoms with Crippen LogP contribution < -0.4 is 11.2 Å². The normalized spacial score (nSPS) is 12.1. The van der Waals surface area contributed by atoms with Crippen molar-refractivity contribution in [2.75, 3.05) is 0 Å². The number of ketones is 1. The minimum Gasteiger partial charge on any atom is -0.444 e. The predicted octanol–water partition coefficient (Wildman–Crippen LogP) is 4.51. The second-order valence-corrected chi connectivity index (χ2v) is 9.27. The fourth-order valence-corrected chi connectivity index (χ4v) is 3.46. The van der Waals surface area contributed by atoms with Gasteiger partial charge in [0.25, 0.3) is 11.8 Å². The third-order valence-electron chi connectivity index (χ3n) is 5.28. The SMILES string of the molecule is CCC(=O)CCCCCC(NC(=O)OC(C)(C)C)C(=O)N(N)C(=O)c1ccc2ccccc2c1. The van der Waals surface area contributed by atoms with E-state index in [-0.39, 0.29) is 17.8 Å². The fraction of sp³-hybridized carbons (Fsp3) is 0.462. The minimum atomic E-state index is -1.04. The highest BCUT2D eigenvalue weighted by Gasteiger charge is 2.30. The molecule has 0 aromatic heterocycles. The third kappa shape index (κ3) is 8.26. The number of hydrazine groups is 1. The van der Waals surface area contributed by atoms with Gasteiger partial charge >= 0.3 is 6.09 Å². The molecule has 0 spiro atoms. The number of nitrogens with one attached hydrogen (secondary N) is 1. The number of Topliss-reactive ketones (excluding diaryl/α,β-unsaturated/α-hetero) is 1. The highest BCUT2D eigenvalue weighted by atomic mass is 16.6. The standard InChI is InChI=1S/C26H35N3O5/c1-5-21(30)13-7-6-8-14-22(28-25(33)34-26(2,3)4)24(32)29(27)23(31)20-16-15-18-11-9-10-12-19(18)17-20/h9-12,15-17,22H,5-8,13-14,27H2,1-4H3,(H,28,33). The molecule has 0 aliphatic rings. The molecule has 3 amide bonds. The summed E-state index contributed by atoms with van der Waals surface area (Å²) >= 11 is 0. The molecule has 0 saturated heterocycles. The van der Waals surface area contributed by atoms with Crippen LogP contribution in [0.5, 0.6) is 0 Å². The molecule has 8 nitrogen and oxygen atoms in total. The fourth-order valence-electron chi connectivity index (χ4n) is 3.46. The number of nitrogens with two attached hydrogens (primary N) is 1. The Morgan fingerprint density at radius 3 is 2.32 bits per heavy atom. The van der Waals surface area contributed by atoms with Crippen molar-refractivity contribution in [3.63, 3.8) is 0 Å². The summed E-state index contributed by atoms with van der Waals surface area (Å²) in [6.45, 7) is 6.97. The molecule has 184 valence electrons. The lowest BCUT2D eigenvalue weighted by atomic mass is 10.0. The number of fused-ring (bicyclic) bond motifs is 1. The van der Waals surface area contributed by atoms with Crippen LogP contribution in [-0.2, 0) is 14.3 Å². The molecule has 3 N–H and O–H groups in total. The molecular weight excluding hydrogens is 434 g/mol. The summed E-state index contributed by atoms with van der Waals surface area (Å²) in [6, 6.07) is 11.6. The maximum atomic E-state index is 13.1. The molecule has 0 heterocycles. The lowest BCUT2D eigenvalue weighted by Gasteiger charge is -2.25. The van der Waals surface area contributed by atoms with Gasteiger partial charge in [-0.3, -0.25) is 14.4 Å². The summed E-state index contributed by atoms with van der Waals surface area (Å²) in [5.41, 5.74) is -0.481. The third-order valence-corrected chi connectivity index (χ3v) is 5.28. The highest BCUT2D eigenvalue weighted by molar-refractivity contribution is 6.07. The van der Waals surface area contributed by atoms with Gasteiger partial charge in [-0.1, -0.05) is 50.1 Å². The summed E-state index contributed by atoms with van der Waals surface area (Å²) in [4.78, 5) is 49.8. The maximum absolute atomic E-state index is 13.1. The number of hydrogen-bond donors (Lipinski definition) is 2. The van der Waals surface area contributed by atoms with Crippen molar-refractivity contribution in [2.45, 2.75) is 77.9 Å². The average Bonchev–Trinajstić information content (AvgIpc) is 2.79. The topological polar surface area (TPSA) is 119 Å². The number of unbranched alkanes of at least 4 members (excludes halogenated alkanes) is 2. The zero-order valence-electron chi connectivity index (χ0n) is 20.4. The van der Waals surface area contributed by atoms with Gasteiger partial charge in [-0.25, -0.2) is 15.6 Å². The van der Waals surface area contributed by atoms with Crippen LogP contribution >= 0.6 is 0 Å². The lowest BCUT2D eigenvalue weighted by molar-refractivity contribution is -0.131. The zero-order chi connectivity index (χ0) is 25.3. The first kappa shape index (κ1) is 27.0. The van der Waals surface area contributed by atoms with E-state index in [1.54, 1.807) is 39.0 Å². The molecule has 0 fully saturated rings. The smallest absolute Gasteiger partial charge is 0.408 e. The Labute approximate surface area is 200 Å². The Morgan fingerprint density at radius 1 is 1.00 bits per heavy atom. The van der Waals surface area contributed by atoms with Crippen LogP contribution in [0.25, 0.3) is 10.8 Å². The number of rotatable bonds is 10. The van der Waals surface area contributed by atoms with Crippen LogP contribution in [0.2, 0.25) is 0 Å². The van der Waals surface area contributed by atoms with Crippen molar-refractivity contribution in [3.05, 3.63) is 48.0 Å². The number of nitrogens with zero attached hydrogens (tertiary/aromatic N) is 1. The molecule has 1 unspecified atom stereocenters. The van der Waals surface area contributed by atoms with Gasteiger partial charge in [0, 0.05) is 18.4 Å². The Balaban J connectivity index is 2.10. The zero-order valence-corrected chi connectivity index (χ0v) is 20.4. The van der Waals surface area contributed by atoms with E-state index in [1.807, 2.05) is 31.2 Å². The molecule has 34 heavy (non-hydrogen) atoms. The molecule has 1 atom stereocenters. The van der Waals surface area contributed by atoms with E-state index in [0.717, 1.165) is 10.8 Å². The molecular formula is C26H35N3O5. The first-order valence-corrected chi connectivity index (χ1v) is 11.6.